The van der Waals surface area contributed by atoms with E-state index in [1.165, 1.54) is 23.1 Å². The number of aryl methyl sites for hydroxylation is 1. The van der Waals surface area contributed by atoms with Gasteiger partial charge >= 0.3 is 0 Å². The van der Waals surface area contributed by atoms with E-state index in [4.69, 9.17) is 4.74 Å². The second-order valence-corrected chi connectivity index (χ2v) is 7.87. The van der Waals surface area contributed by atoms with Crippen LogP contribution in [0.5, 0.6) is 5.75 Å². The maximum absolute atomic E-state index is 12.2. The molecule has 0 aliphatic heterocycles. The van der Waals surface area contributed by atoms with E-state index in [9.17, 15) is 4.79 Å². The number of fused-ring (bicyclic) bond motifs is 1. The van der Waals surface area contributed by atoms with Gasteiger partial charge in [-0.3, -0.25) is 10.1 Å². The van der Waals surface area contributed by atoms with Crippen molar-refractivity contribution in [3.05, 3.63) is 41.4 Å². The zero-order chi connectivity index (χ0) is 20.2. The summed E-state index contributed by atoms with van der Waals surface area (Å²) in [5, 5.41) is 25.5. The van der Waals surface area contributed by atoms with Crippen molar-refractivity contribution in [2.45, 2.75) is 18.5 Å². The van der Waals surface area contributed by atoms with Crippen LogP contribution in [0.1, 0.15) is 11.9 Å². The topological polar surface area (TPSA) is 107 Å². The van der Waals surface area contributed by atoms with Crippen LogP contribution < -0.4 is 10.1 Å². The van der Waals surface area contributed by atoms with Gasteiger partial charge in [0.15, 0.2) is 5.65 Å². The van der Waals surface area contributed by atoms with Crippen molar-refractivity contribution < 1.29 is 9.53 Å². The average molecular weight is 428 g/mol. The van der Waals surface area contributed by atoms with Gasteiger partial charge in [-0.2, -0.15) is 9.61 Å². The molecule has 0 atom stereocenters. The van der Waals surface area contributed by atoms with Crippen LogP contribution in [0.2, 0.25) is 0 Å². The predicted octanol–water partition coefficient (Wildman–Crippen LogP) is 2.94. The van der Waals surface area contributed by atoms with Crippen LogP contribution in [-0.4, -0.2) is 48.8 Å². The average Bonchev–Trinajstić information content (AvgIpc) is 3.38. The number of methoxy groups -OCH3 is 1. The third-order valence-corrected chi connectivity index (χ3v) is 5.87. The Kier molecular flexibility index (Phi) is 5.67. The largest absolute Gasteiger partial charge is 0.496 e. The van der Waals surface area contributed by atoms with Crippen LogP contribution in [0.25, 0.3) is 16.9 Å². The number of para-hydroxylation sites is 1. The lowest BCUT2D eigenvalue weighted by Crippen LogP contribution is -2.14. The van der Waals surface area contributed by atoms with E-state index in [2.05, 4.69) is 30.8 Å². The molecule has 29 heavy (non-hydrogen) atoms. The minimum Gasteiger partial charge on any atom is -0.496 e. The summed E-state index contributed by atoms with van der Waals surface area (Å²) in [5.74, 6) is 0.693. The molecule has 0 saturated carbocycles. The third-order valence-electron chi connectivity index (χ3n) is 3.97. The zero-order valence-electron chi connectivity index (χ0n) is 15.7. The number of rotatable bonds is 7. The molecular weight excluding hydrogens is 410 g/mol. The number of aromatic nitrogens is 6. The second-order valence-electron chi connectivity index (χ2n) is 5.86. The molecule has 11 heteroatoms. The van der Waals surface area contributed by atoms with Crippen LogP contribution in [0.3, 0.4) is 0 Å². The number of carbonyl (C=O) groups excluding carboxylic acids is 1. The molecular formula is C18H17N7O2S2. The number of hydrogen-bond acceptors (Lipinski definition) is 9. The number of thioether (sulfide) groups is 1. The molecule has 1 aromatic carbocycles. The molecule has 148 valence electrons. The Morgan fingerprint density at radius 3 is 2.83 bits per heavy atom. The fraction of sp³-hybridized carbons (Fsp3) is 0.222. The van der Waals surface area contributed by atoms with Crippen LogP contribution in [0, 0.1) is 0 Å². The minimum absolute atomic E-state index is 0.155. The van der Waals surface area contributed by atoms with E-state index in [0.29, 0.717) is 15.9 Å². The molecule has 0 unspecified atom stereocenters. The van der Waals surface area contributed by atoms with Crippen molar-refractivity contribution in [1.29, 1.82) is 0 Å². The molecule has 0 fully saturated rings. The highest BCUT2D eigenvalue weighted by Crippen LogP contribution is 2.28. The highest BCUT2D eigenvalue weighted by Gasteiger charge is 2.14. The first-order valence-corrected chi connectivity index (χ1v) is 10.6. The van der Waals surface area contributed by atoms with E-state index in [1.807, 2.05) is 43.3 Å². The minimum atomic E-state index is -0.188. The van der Waals surface area contributed by atoms with Crippen LogP contribution in [-0.2, 0) is 11.2 Å². The summed E-state index contributed by atoms with van der Waals surface area (Å²) < 4.78 is 7.05. The number of anilines is 1. The fourth-order valence-electron chi connectivity index (χ4n) is 2.59. The van der Waals surface area contributed by atoms with Crippen molar-refractivity contribution in [3.63, 3.8) is 0 Å². The van der Waals surface area contributed by atoms with E-state index < -0.39 is 0 Å². The van der Waals surface area contributed by atoms with Gasteiger partial charge in [-0.05, 0) is 30.7 Å². The van der Waals surface area contributed by atoms with E-state index in [0.717, 1.165) is 28.4 Å². The lowest BCUT2D eigenvalue weighted by atomic mass is 10.1. The van der Waals surface area contributed by atoms with Gasteiger partial charge in [-0.15, -0.1) is 20.4 Å². The first kappa shape index (κ1) is 19.3. The molecule has 4 aromatic rings. The summed E-state index contributed by atoms with van der Waals surface area (Å²) in [6.45, 7) is 1.99. The molecule has 0 radical (unpaired) electrons. The van der Waals surface area contributed by atoms with Crippen molar-refractivity contribution in [1.82, 2.24) is 30.0 Å². The zero-order valence-corrected chi connectivity index (χ0v) is 17.3. The summed E-state index contributed by atoms with van der Waals surface area (Å²) in [6.07, 6.45) is 0.786. The quantitative estimate of drug-likeness (QED) is 0.449. The van der Waals surface area contributed by atoms with Gasteiger partial charge in [0.25, 0.3) is 0 Å². The number of benzene rings is 1. The Morgan fingerprint density at radius 1 is 1.17 bits per heavy atom. The van der Waals surface area contributed by atoms with Gasteiger partial charge in [-0.25, -0.2) is 0 Å². The van der Waals surface area contributed by atoms with E-state index in [1.54, 1.807) is 11.6 Å². The molecule has 1 amide bonds. The molecule has 3 aromatic heterocycles. The Balaban J connectivity index is 1.51. The fourth-order valence-corrected chi connectivity index (χ4v) is 3.97. The number of ether oxygens (including phenoxy) is 1. The summed E-state index contributed by atoms with van der Waals surface area (Å²) >= 11 is 2.62. The van der Waals surface area contributed by atoms with Crippen molar-refractivity contribution >= 4 is 39.8 Å². The lowest BCUT2D eigenvalue weighted by molar-refractivity contribution is -0.113. The van der Waals surface area contributed by atoms with Gasteiger partial charge < -0.3 is 4.74 Å². The summed E-state index contributed by atoms with van der Waals surface area (Å²) in [4.78, 5) is 12.2. The van der Waals surface area contributed by atoms with E-state index >= 15 is 0 Å². The first-order valence-electron chi connectivity index (χ1n) is 8.79. The van der Waals surface area contributed by atoms with Crippen LogP contribution in [0.15, 0.2) is 41.6 Å². The summed E-state index contributed by atoms with van der Waals surface area (Å²) in [6, 6.07) is 11.3. The summed E-state index contributed by atoms with van der Waals surface area (Å²) in [5.41, 5.74) is 2.19. The second kappa shape index (κ2) is 8.53. The van der Waals surface area contributed by atoms with Gasteiger partial charge in [-0.1, -0.05) is 42.2 Å². The van der Waals surface area contributed by atoms with Gasteiger partial charge in [0.05, 0.1) is 18.6 Å². The molecule has 0 aliphatic carbocycles. The number of nitrogens with one attached hydrogen (secondary N) is 1. The van der Waals surface area contributed by atoms with Crippen molar-refractivity contribution in [2.75, 3.05) is 18.2 Å². The predicted molar refractivity (Wildman–Crippen MR) is 111 cm³/mol. The van der Waals surface area contributed by atoms with Gasteiger partial charge in [0.1, 0.15) is 10.8 Å². The smallest absolute Gasteiger partial charge is 0.236 e. The molecule has 9 nitrogen and oxygen atoms in total. The molecule has 3 heterocycles. The molecule has 1 N–H and O–H groups in total. The normalized spacial score (nSPS) is 11.0. The molecule has 0 aliphatic rings. The summed E-state index contributed by atoms with van der Waals surface area (Å²) in [7, 11) is 1.62. The molecule has 0 bridgehead atoms. The number of amides is 1. The lowest BCUT2D eigenvalue weighted by Gasteiger charge is -2.08. The number of hydrogen-bond donors (Lipinski definition) is 1. The maximum Gasteiger partial charge on any atom is 0.236 e. The molecule has 4 rings (SSSR count). The first-order chi connectivity index (χ1) is 14.2. The SMILES string of the molecule is CCc1nnc(NC(=O)CSc2nnc3ccc(-c4ccccc4OC)nn23)s1. The van der Waals surface area contributed by atoms with Gasteiger partial charge in [0, 0.05) is 5.56 Å². The molecule has 0 spiro atoms. The number of nitrogens with zero attached hydrogens (tertiary/aromatic N) is 6. The van der Waals surface area contributed by atoms with Crippen LogP contribution >= 0.6 is 23.1 Å². The third kappa shape index (κ3) is 4.20. The standard InChI is InChI=1S/C18H17N7O2S2/c1-3-16-21-22-17(29-16)19-15(26)10-28-18-23-20-14-9-8-12(24-25(14)18)11-6-4-5-7-13(11)27-2/h4-9H,3,10H2,1-2H3,(H,19,22,26). The molecule has 0 saturated heterocycles. The maximum atomic E-state index is 12.2. The van der Waals surface area contributed by atoms with Gasteiger partial charge in [0.2, 0.25) is 16.2 Å². The Hall–Kier alpha value is -3.05. The number of carbonyl (C=O) groups is 1. The highest BCUT2D eigenvalue weighted by molar-refractivity contribution is 7.99. The Labute approximate surface area is 174 Å². The Morgan fingerprint density at radius 2 is 2.03 bits per heavy atom. The van der Waals surface area contributed by atoms with Crippen molar-refractivity contribution in [2.24, 2.45) is 0 Å². The monoisotopic (exact) mass is 427 g/mol. The van der Waals surface area contributed by atoms with Crippen LogP contribution in [0.4, 0.5) is 5.13 Å². The van der Waals surface area contributed by atoms with E-state index in [-0.39, 0.29) is 11.7 Å². The highest BCUT2D eigenvalue weighted by atomic mass is 32.2. The Bertz CT molecular complexity index is 1160. The van der Waals surface area contributed by atoms with Crippen molar-refractivity contribution in [3.8, 4) is 17.0 Å².